The Bertz CT molecular complexity index is 177. The Morgan fingerprint density at radius 1 is 1.40 bits per heavy atom. The predicted molar refractivity (Wildman–Crippen MR) is 65.1 cm³/mol. The summed E-state index contributed by atoms with van der Waals surface area (Å²) in [6.45, 7) is 11.1. The molecule has 0 amide bonds. The van der Waals surface area contributed by atoms with Gasteiger partial charge in [0.2, 0.25) is 0 Å². The fourth-order valence-corrected chi connectivity index (χ4v) is 2.10. The maximum atomic E-state index is 5.56. The molecule has 0 aromatic rings. The zero-order valence-corrected chi connectivity index (χ0v) is 10.9. The molecule has 0 heterocycles. The molecular formula is C13H27NO. The zero-order chi connectivity index (χ0) is 11.3. The van der Waals surface area contributed by atoms with Gasteiger partial charge in [0.15, 0.2) is 0 Å². The van der Waals surface area contributed by atoms with E-state index in [0.29, 0.717) is 11.3 Å². The monoisotopic (exact) mass is 213 g/mol. The van der Waals surface area contributed by atoms with Crippen molar-refractivity contribution >= 4 is 0 Å². The molecule has 0 N–H and O–H groups in total. The molecule has 1 unspecified atom stereocenters. The van der Waals surface area contributed by atoms with E-state index in [-0.39, 0.29) is 0 Å². The lowest BCUT2D eigenvalue weighted by Gasteiger charge is -2.24. The molecule has 2 heteroatoms. The van der Waals surface area contributed by atoms with Gasteiger partial charge in [-0.3, -0.25) is 0 Å². The van der Waals surface area contributed by atoms with Gasteiger partial charge in [-0.25, -0.2) is 0 Å². The number of rotatable bonds is 8. The highest BCUT2D eigenvalue weighted by Crippen LogP contribution is 2.45. The van der Waals surface area contributed by atoms with Crippen molar-refractivity contribution in [3.63, 3.8) is 0 Å². The molecule has 0 saturated heterocycles. The van der Waals surface area contributed by atoms with Gasteiger partial charge in [0.1, 0.15) is 0 Å². The summed E-state index contributed by atoms with van der Waals surface area (Å²) in [5.74, 6) is 0.656. The summed E-state index contributed by atoms with van der Waals surface area (Å²) in [6, 6.07) is 0. The lowest BCUT2D eigenvalue weighted by atomic mass is 10.1. The van der Waals surface area contributed by atoms with Crippen LogP contribution in [0, 0.1) is 11.3 Å². The summed E-state index contributed by atoms with van der Waals surface area (Å²) < 4.78 is 5.56. The average Bonchev–Trinajstić information content (AvgIpc) is 2.83. The van der Waals surface area contributed by atoms with Crippen LogP contribution < -0.4 is 0 Å². The third-order valence-electron chi connectivity index (χ3n) is 3.13. The van der Waals surface area contributed by atoms with Crippen molar-refractivity contribution in [1.29, 1.82) is 0 Å². The van der Waals surface area contributed by atoms with Gasteiger partial charge in [0, 0.05) is 19.7 Å². The van der Waals surface area contributed by atoms with Crippen molar-refractivity contribution in [2.75, 3.05) is 33.4 Å². The lowest BCUT2D eigenvalue weighted by Crippen LogP contribution is -2.31. The molecule has 0 aromatic heterocycles. The van der Waals surface area contributed by atoms with Crippen LogP contribution in [0.4, 0.5) is 0 Å². The van der Waals surface area contributed by atoms with Crippen LogP contribution in [-0.4, -0.2) is 38.3 Å². The Labute approximate surface area is 95.0 Å². The molecule has 0 radical (unpaired) electrons. The lowest BCUT2D eigenvalue weighted by molar-refractivity contribution is 0.0894. The molecule has 1 fully saturated rings. The van der Waals surface area contributed by atoms with E-state index in [9.17, 15) is 0 Å². The first-order valence-electron chi connectivity index (χ1n) is 6.32. The minimum atomic E-state index is 0.638. The second kappa shape index (κ2) is 5.86. The van der Waals surface area contributed by atoms with Gasteiger partial charge in [0.05, 0.1) is 6.61 Å². The summed E-state index contributed by atoms with van der Waals surface area (Å²) >= 11 is 0. The SMILES string of the molecule is CCCOCC(C)CN(C)CC1(C)CC1. The summed E-state index contributed by atoms with van der Waals surface area (Å²) in [4.78, 5) is 2.47. The Balaban J connectivity index is 2.05. The summed E-state index contributed by atoms with van der Waals surface area (Å²) in [5, 5.41) is 0. The summed E-state index contributed by atoms with van der Waals surface area (Å²) in [7, 11) is 2.24. The molecule has 90 valence electrons. The van der Waals surface area contributed by atoms with Gasteiger partial charge >= 0.3 is 0 Å². The smallest absolute Gasteiger partial charge is 0.0503 e. The normalized spacial score (nSPS) is 20.6. The van der Waals surface area contributed by atoms with Gasteiger partial charge in [-0.1, -0.05) is 20.8 Å². The van der Waals surface area contributed by atoms with Crippen LogP contribution in [0.1, 0.15) is 40.0 Å². The topological polar surface area (TPSA) is 12.5 Å². The van der Waals surface area contributed by atoms with Gasteiger partial charge in [0.25, 0.3) is 0 Å². The van der Waals surface area contributed by atoms with Gasteiger partial charge in [-0.05, 0) is 37.6 Å². The van der Waals surface area contributed by atoms with Crippen molar-refractivity contribution in [1.82, 2.24) is 4.90 Å². The van der Waals surface area contributed by atoms with Crippen LogP contribution in [0.2, 0.25) is 0 Å². The van der Waals surface area contributed by atoms with Crippen LogP contribution in [0.3, 0.4) is 0 Å². The van der Waals surface area contributed by atoms with Crippen molar-refractivity contribution < 1.29 is 4.74 Å². The fraction of sp³-hybridized carbons (Fsp3) is 1.00. The van der Waals surface area contributed by atoms with E-state index in [2.05, 4.69) is 32.7 Å². The van der Waals surface area contributed by atoms with E-state index in [1.165, 1.54) is 25.9 Å². The number of nitrogens with zero attached hydrogens (tertiary/aromatic N) is 1. The molecule has 15 heavy (non-hydrogen) atoms. The molecule has 2 nitrogen and oxygen atoms in total. The van der Waals surface area contributed by atoms with Gasteiger partial charge in [-0.2, -0.15) is 0 Å². The molecule has 0 aliphatic heterocycles. The maximum Gasteiger partial charge on any atom is 0.0503 e. The van der Waals surface area contributed by atoms with Gasteiger partial charge < -0.3 is 9.64 Å². The molecule has 1 saturated carbocycles. The van der Waals surface area contributed by atoms with Crippen LogP contribution in [-0.2, 0) is 4.74 Å². The number of ether oxygens (including phenoxy) is 1. The standard InChI is InChI=1S/C13H27NO/c1-5-8-15-10-12(2)9-14(4)11-13(3)6-7-13/h12H,5-11H2,1-4H3. The Morgan fingerprint density at radius 2 is 2.07 bits per heavy atom. The van der Waals surface area contributed by atoms with E-state index >= 15 is 0 Å². The first-order valence-corrected chi connectivity index (χ1v) is 6.32. The van der Waals surface area contributed by atoms with E-state index in [4.69, 9.17) is 4.74 Å². The van der Waals surface area contributed by atoms with E-state index in [1.54, 1.807) is 0 Å². The highest BCUT2D eigenvalue weighted by molar-refractivity contribution is 4.90. The fourth-order valence-electron chi connectivity index (χ4n) is 2.10. The third kappa shape index (κ3) is 5.53. The first kappa shape index (κ1) is 13.0. The van der Waals surface area contributed by atoms with Crippen LogP contribution >= 0.6 is 0 Å². The van der Waals surface area contributed by atoms with Crippen molar-refractivity contribution in [2.24, 2.45) is 11.3 Å². The second-order valence-electron chi connectivity index (χ2n) is 5.69. The second-order valence-corrected chi connectivity index (χ2v) is 5.69. The summed E-state index contributed by atoms with van der Waals surface area (Å²) in [6.07, 6.45) is 3.96. The van der Waals surface area contributed by atoms with Crippen molar-refractivity contribution in [3.05, 3.63) is 0 Å². The Hall–Kier alpha value is -0.0800. The molecule has 1 rings (SSSR count). The van der Waals surface area contributed by atoms with E-state index in [1.807, 2.05) is 0 Å². The molecule has 1 aliphatic carbocycles. The largest absolute Gasteiger partial charge is 0.381 e. The molecular weight excluding hydrogens is 186 g/mol. The zero-order valence-electron chi connectivity index (χ0n) is 10.9. The van der Waals surface area contributed by atoms with Crippen LogP contribution in [0.15, 0.2) is 0 Å². The number of hydrogen-bond donors (Lipinski definition) is 0. The van der Waals surface area contributed by atoms with Crippen molar-refractivity contribution in [2.45, 2.75) is 40.0 Å². The first-order chi connectivity index (χ1) is 7.06. The molecule has 1 atom stereocenters. The molecule has 0 bridgehead atoms. The van der Waals surface area contributed by atoms with Crippen LogP contribution in [0.25, 0.3) is 0 Å². The van der Waals surface area contributed by atoms with E-state index in [0.717, 1.165) is 19.6 Å². The average molecular weight is 213 g/mol. The number of hydrogen-bond acceptors (Lipinski definition) is 2. The van der Waals surface area contributed by atoms with E-state index < -0.39 is 0 Å². The Kier molecular flexibility index (Phi) is 5.07. The summed E-state index contributed by atoms with van der Waals surface area (Å²) in [5.41, 5.74) is 0.638. The highest BCUT2D eigenvalue weighted by atomic mass is 16.5. The molecule has 0 spiro atoms. The van der Waals surface area contributed by atoms with Gasteiger partial charge in [-0.15, -0.1) is 0 Å². The highest BCUT2D eigenvalue weighted by Gasteiger charge is 2.37. The van der Waals surface area contributed by atoms with Crippen LogP contribution in [0.5, 0.6) is 0 Å². The molecule has 1 aliphatic rings. The third-order valence-corrected chi connectivity index (χ3v) is 3.13. The maximum absolute atomic E-state index is 5.56. The minimum absolute atomic E-state index is 0.638. The van der Waals surface area contributed by atoms with Crippen molar-refractivity contribution in [3.8, 4) is 0 Å². The predicted octanol–water partition coefficient (Wildman–Crippen LogP) is 2.78. The Morgan fingerprint density at radius 3 is 2.60 bits per heavy atom. The molecule has 0 aromatic carbocycles. The quantitative estimate of drug-likeness (QED) is 0.575. The minimum Gasteiger partial charge on any atom is -0.381 e.